The largest absolute Gasteiger partial charge is 0.369 e. The second-order valence-electron chi connectivity index (χ2n) is 7.96. The van der Waals surface area contributed by atoms with E-state index in [1.807, 2.05) is 36.4 Å². The highest BCUT2D eigenvalue weighted by molar-refractivity contribution is 7.88. The van der Waals surface area contributed by atoms with E-state index in [0.29, 0.717) is 23.7 Å². The zero-order valence-electron chi connectivity index (χ0n) is 18.5. The molecule has 1 amide bonds. The maximum absolute atomic E-state index is 12.4. The Morgan fingerprint density at radius 1 is 0.933 bits per heavy atom. The van der Waals surface area contributed by atoms with Crippen molar-refractivity contribution in [1.82, 2.24) is 10.0 Å². The molecule has 7 heteroatoms. The fraction of sp³-hybridized carbons (Fsp3) is 0.435. The summed E-state index contributed by atoms with van der Waals surface area (Å²) in [5.41, 5.74) is 3.33. The maximum atomic E-state index is 12.4. The molecule has 2 rings (SSSR count). The van der Waals surface area contributed by atoms with Gasteiger partial charge in [-0.05, 0) is 70.0 Å². The van der Waals surface area contributed by atoms with Gasteiger partial charge in [-0.1, -0.05) is 24.3 Å². The van der Waals surface area contributed by atoms with Gasteiger partial charge in [-0.3, -0.25) is 4.79 Å². The number of rotatable bonds is 10. The number of carbonyl (C=O) groups excluding carboxylic acids is 1. The number of hydrogen-bond donors (Lipinski definition) is 2. The standard InChI is InChI=1S/C23H33N3O3S/c1-6-26(18(4)5)22-13-11-21(12-14-22)23(27)24-15-19-7-9-20(10-8-19)16-30(28,29)25-17(2)3/h7-14,17-18,25H,6,15-16H2,1-5H3,(H,24,27). The summed E-state index contributed by atoms with van der Waals surface area (Å²) in [4.78, 5) is 14.7. The number of sulfonamides is 1. The van der Waals surface area contributed by atoms with Crippen LogP contribution in [0, 0.1) is 0 Å². The molecule has 0 saturated heterocycles. The number of carbonyl (C=O) groups is 1. The molecule has 6 nitrogen and oxygen atoms in total. The van der Waals surface area contributed by atoms with Crippen molar-refractivity contribution in [1.29, 1.82) is 0 Å². The first-order chi connectivity index (χ1) is 14.1. The number of anilines is 1. The van der Waals surface area contributed by atoms with Crippen LogP contribution in [0.15, 0.2) is 48.5 Å². The summed E-state index contributed by atoms with van der Waals surface area (Å²) < 4.78 is 26.6. The molecule has 30 heavy (non-hydrogen) atoms. The molecule has 0 aliphatic carbocycles. The first-order valence-corrected chi connectivity index (χ1v) is 12.0. The third kappa shape index (κ3) is 7.15. The molecule has 0 aromatic heterocycles. The number of benzene rings is 2. The van der Waals surface area contributed by atoms with Crippen LogP contribution in [0.25, 0.3) is 0 Å². The SMILES string of the molecule is CCN(c1ccc(C(=O)NCc2ccc(CS(=O)(=O)NC(C)C)cc2)cc1)C(C)C. The fourth-order valence-electron chi connectivity index (χ4n) is 3.31. The van der Waals surface area contributed by atoms with E-state index < -0.39 is 10.0 Å². The highest BCUT2D eigenvalue weighted by atomic mass is 32.2. The number of nitrogens with one attached hydrogen (secondary N) is 2. The lowest BCUT2D eigenvalue weighted by atomic mass is 10.1. The van der Waals surface area contributed by atoms with Crippen molar-refractivity contribution in [2.45, 2.75) is 59.0 Å². The number of amides is 1. The van der Waals surface area contributed by atoms with E-state index in [4.69, 9.17) is 0 Å². The second-order valence-corrected chi connectivity index (χ2v) is 9.71. The van der Waals surface area contributed by atoms with Crippen LogP contribution in [0.4, 0.5) is 5.69 Å². The van der Waals surface area contributed by atoms with Crippen LogP contribution in [-0.2, 0) is 22.3 Å². The van der Waals surface area contributed by atoms with Gasteiger partial charge in [0, 0.05) is 36.4 Å². The van der Waals surface area contributed by atoms with Crippen LogP contribution >= 0.6 is 0 Å². The molecule has 0 heterocycles. The van der Waals surface area contributed by atoms with E-state index in [9.17, 15) is 13.2 Å². The molecule has 0 atom stereocenters. The molecule has 0 aliphatic heterocycles. The van der Waals surface area contributed by atoms with Gasteiger partial charge in [0.2, 0.25) is 10.0 Å². The average Bonchev–Trinajstić information content (AvgIpc) is 2.66. The molecule has 2 aromatic rings. The smallest absolute Gasteiger partial charge is 0.251 e. The van der Waals surface area contributed by atoms with Gasteiger partial charge in [-0.25, -0.2) is 13.1 Å². The molecule has 2 aromatic carbocycles. The Bertz CT molecular complexity index is 921. The van der Waals surface area contributed by atoms with E-state index in [-0.39, 0.29) is 17.7 Å². The minimum absolute atomic E-state index is 0.0602. The second kappa shape index (κ2) is 10.6. The fourth-order valence-corrected chi connectivity index (χ4v) is 4.74. The summed E-state index contributed by atoms with van der Waals surface area (Å²) in [5.74, 6) is -0.197. The van der Waals surface area contributed by atoms with Crippen molar-refractivity contribution >= 4 is 21.6 Å². The zero-order valence-corrected chi connectivity index (χ0v) is 19.3. The van der Waals surface area contributed by atoms with Crippen LogP contribution in [0.3, 0.4) is 0 Å². The summed E-state index contributed by atoms with van der Waals surface area (Å²) in [7, 11) is -3.35. The lowest BCUT2D eigenvalue weighted by molar-refractivity contribution is 0.0951. The van der Waals surface area contributed by atoms with E-state index in [1.54, 1.807) is 26.0 Å². The summed E-state index contributed by atoms with van der Waals surface area (Å²) in [5, 5.41) is 2.91. The molecular weight excluding hydrogens is 398 g/mol. The van der Waals surface area contributed by atoms with Crippen molar-refractivity contribution in [3.63, 3.8) is 0 Å². The summed E-state index contributed by atoms with van der Waals surface area (Å²) in [6, 6.07) is 15.1. The van der Waals surface area contributed by atoms with Gasteiger partial charge in [0.1, 0.15) is 0 Å². The number of hydrogen-bond acceptors (Lipinski definition) is 4. The summed E-state index contributed by atoms with van der Waals surface area (Å²) in [6.45, 7) is 11.3. The minimum Gasteiger partial charge on any atom is -0.369 e. The van der Waals surface area contributed by atoms with E-state index in [2.05, 4.69) is 35.7 Å². The van der Waals surface area contributed by atoms with Crippen LogP contribution in [0.5, 0.6) is 0 Å². The van der Waals surface area contributed by atoms with Crippen molar-refractivity contribution in [3.8, 4) is 0 Å². The van der Waals surface area contributed by atoms with Crippen molar-refractivity contribution < 1.29 is 13.2 Å². The van der Waals surface area contributed by atoms with Crippen molar-refractivity contribution in [3.05, 3.63) is 65.2 Å². The molecular formula is C23H33N3O3S. The normalized spacial score (nSPS) is 11.7. The Kier molecular flexibility index (Phi) is 8.43. The molecule has 164 valence electrons. The van der Waals surface area contributed by atoms with Gasteiger partial charge in [-0.2, -0.15) is 0 Å². The minimum atomic E-state index is -3.35. The lowest BCUT2D eigenvalue weighted by Crippen LogP contribution is -2.31. The average molecular weight is 432 g/mol. The highest BCUT2D eigenvalue weighted by Crippen LogP contribution is 2.18. The van der Waals surface area contributed by atoms with Crippen molar-refractivity contribution in [2.75, 3.05) is 11.4 Å². The van der Waals surface area contributed by atoms with E-state index in [0.717, 1.165) is 17.8 Å². The molecule has 0 unspecified atom stereocenters. The Hall–Kier alpha value is -2.38. The van der Waals surface area contributed by atoms with Crippen LogP contribution in [0.2, 0.25) is 0 Å². The summed E-state index contributed by atoms with van der Waals surface area (Å²) >= 11 is 0. The molecule has 2 N–H and O–H groups in total. The molecule has 0 saturated carbocycles. The third-order valence-electron chi connectivity index (χ3n) is 4.67. The Labute approximate surface area is 180 Å². The van der Waals surface area contributed by atoms with Gasteiger partial charge in [0.15, 0.2) is 0 Å². The van der Waals surface area contributed by atoms with Crippen LogP contribution in [-0.4, -0.2) is 33.0 Å². The first kappa shape index (κ1) is 23.9. The van der Waals surface area contributed by atoms with Crippen LogP contribution < -0.4 is 14.9 Å². The molecule has 0 bridgehead atoms. The Morgan fingerprint density at radius 2 is 1.50 bits per heavy atom. The summed E-state index contributed by atoms with van der Waals surface area (Å²) in [6.07, 6.45) is 0. The van der Waals surface area contributed by atoms with Gasteiger partial charge in [0.25, 0.3) is 5.91 Å². The lowest BCUT2D eigenvalue weighted by Gasteiger charge is -2.27. The zero-order chi connectivity index (χ0) is 22.3. The maximum Gasteiger partial charge on any atom is 0.251 e. The quantitative estimate of drug-likeness (QED) is 0.602. The molecule has 0 aliphatic rings. The van der Waals surface area contributed by atoms with E-state index >= 15 is 0 Å². The number of nitrogens with zero attached hydrogens (tertiary/aromatic N) is 1. The van der Waals surface area contributed by atoms with Gasteiger partial charge < -0.3 is 10.2 Å². The van der Waals surface area contributed by atoms with Crippen molar-refractivity contribution in [2.24, 2.45) is 0 Å². The van der Waals surface area contributed by atoms with Gasteiger partial charge in [-0.15, -0.1) is 0 Å². The highest BCUT2D eigenvalue weighted by Gasteiger charge is 2.13. The monoisotopic (exact) mass is 431 g/mol. The molecule has 0 radical (unpaired) electrons. The molecule has 0 fully saturated rings. The van der Waals surface area contributed by atoms with Crippen LogP contribution in [0.1, 0.15) is 56.1 Å². The Balaban J connectivity index is 1.93. The Morgan fingerprint density at radius 3 is 2.00 bits per heavy atom. The topological polar surface area (TPSA) is 78.5 Å². The predicted octanol–water partition coefficient (Wildman–Crippen LogP) is 3.68. The predicted molar refractivity (Wildman–Crippen MR) is 123 cm³/mol. The van der Waals surface area contributed by atoms with Gasteiger partial charge >= 0.3 is 0 Å². The third-order valence-corrected chi connectivity index (χ3v) is 6.22. The first-order valence-electron chi connectivity index (χ1n) is 10.3. The van der Waals surface area contributed by atoms with Gasteiger partial charge in [0.05, 0.1) is 5.75 Å². The van der Waals surface area contributed by atoms with E-state index in [1.165, 1.54) is 0 Å². The molecule has 0 spiro atoms.